The number of carbonyl (C=O) groups is 2. The van der Waals surface area contributed by atoms with Crippen LogP contribution in [-0.4, -0.2) is 41.0 Å². The third-order valence-electron chi connectivity index (χ3n) is 4.06. The molecule has 8 nitrogen and oxygen atoms in total. The summed E-state index contributed by atoms with van der Waals surface area (Å²) < 4.78 is 20.9. The van der Waals surface area contributed by atoms with Gasteiger partial charge in [-0.05, 0) is 32.6 Å². The van der Waals surface area contributed by atoms with Crippen molar-refractivity contribution in [3.05, 3.63) is 18.4 Å². The van der Waals surface area contributed by atoms with E-state index in [4.69, 9.17) is 23.7 Å². The van der Waals surface area contributed by atoms with Gasteiger partial charge in [0.15, 0.2) is 12.9 Å². The van der Waals surface area contributed by atoms with Crippen molar-refractivity contribution in [1.82, 2.24) is 4.98 Å². The highest BCUT2D eigenvalue weighted by molar-refractivity contribution is 5.75. The molecule has 0 unspecified atom stereocenters. The van der Waals surface area contributed by atoms with Crippen molar-refractivity contribution < 1.29 is 33.3 Å². The minimum atomic E-state index is -1.43. The highest BCUT2D eigenvalue weighted by Gasteiger charge is 2.33. The lowest BCUT2D eigenvalue weighted by Crippen LogP contribution is -2.37. The van der Waals surface area contributed by atoms with Crippen LogP contribution in [0.5, 0.6) is 0 Å². The number of ether oxygens (including phenoxy) is 3. The fourth-order valence-electron chi connectivity index (χ4n) is 2.94. The Kier molecular flexibility index (Phi) is 7.39. The van der Waals surface area contributed by atoms with Crippen LogP contribution in [0, 0.1) is 5.92 Å². The molecule has 0 spiro atoms. The van der Waals surface area contributed by atoms with Crippen molar-refractivity contribution >= 4 is 11.9 Å². The van der Waals surface area contributed by atoms with Crippen molar-refractivity contribution in [3.63, 3.8) is 0 Å². The van der Waals surface area contributed by atoms with E-state index in [9.17, 15) is 9.59 Å². The molecule has 1 heterocycles. The quantitative estimate of drug-likeness (QED) is 0.532. The molecule has 8 heteroatoms. The molecule has 1 saturated carbocycles. The number of aliphatic carboxylic acids is 1. The second kappa shape index (κ2) is 9.53. The van der Waals surface area contributed by atoms with Crippen molar-refractivity contribution in [1.29, 1.82) is 0 Å². The maximum atomic E-state index is 12.4. The molecular formula is C17H25NO7. The van der Waals surface area contributed by atoms with Gasteiger partial charge in [0.1, 0.15) is 6.26 Å². The molecule has 2 rings (SSSR count). The number of hydrogen-bond acceptors (Lipinski definition) is 7. The summed E-state index contributed by atoms with van der Waals surface area (Å²) in [6, 6.07) is 0. The molecule has 0 bridgehead atoms. The second-order valence-electron chi connectivity index (χ2n) is 6.34. The van der Waals surface area contributed by atoms with Crippen molar-refractivity contribution in [2.24, 2.45) is 5.92 Å². The summed E-state index contributed by atoms with van der Waals surface area (Å²) in [7, 11) is 0. The van der Waals surface area contributed by atoms with Gasteiger partial charge in [-0.2, -0.15) is 0 Å². The summed E-state index contributed by atoms with van der Waals surface area (Å²) in [6.07, 6.45) is 5.50. The monoisotopic (exact) mass is 355 g/mol. The predicted octanol–water partition coefficient (Wildman–Crippen LogP) is 2.69. The molecule has 0 amide bonds. The first-order valence-electron chi connectivity index (χ1n) is 8.55. The Bertz CT molecular complexity index is 537. The SMILES string of the molecule is CC(C)O[C@H](C(=O)OCO[C@H](C(=O)O)c1ncco1)C1CCCCC1. The number of hydrogen-bond donors (Lipinski definition) is 1. The predicted molar refractivity (Wildman–Crippen MR) is 85.5 cm³/mol. The maximum absolute atomic E-state index is 12.4. The lowest BCUT2D eigenvalue weighted by molar-refractivity contribution is -0.188. The van der Waals surface area contributed by atoms with Crippen LogP contribution in [-0.2, 0) is 23.8 Å². The zero-order valence-electron chi connectivity index (χ0n) is 14.6. The van der Waals surface area contributed by atoms with E-state index in [1.54, 1.807) is 0 Å². The number of aromatic nitrogens is 1. The molecule has 0 radical (unpaired) electrons. The summed E-state index contributed by atoms with van der Waals surface area (Å²) in [5, 5.41) is 9.15. The highest BCUT2D eigenvalue weighted by atomic mass is 16.7. The first-order chi connectivity index (χ1) is 12.0. The largest absolute Gasteiger partial charge is 0.479 e. The first kappa shape index (κ1) is 19.4. The first-order valence-corrected chi connectivity index (χ1v) is 8.55. The molecule has 1 N–H and O–H groups in total. The maximum Gasteiger partial charge on any atom is 0.342 e. The minimum absolute atomic E-state index is 0.106. The molecule has 1 aliphatic carbocycles. The number of rotatable bonds is 9. The van der Waals surface area contributed by atoms with E-state index in [1.165, 1.54) is 18.9 Å². The summed E-state index contributed by atoms with van der Waals surface area (Å²) in [4.78, 5) is 27.4. The van der Waals surface area contributed by atoms with Crippen LogP contribution in [0.2, 0.25) is 0 Å². The lowest BCUT2D eigenvalue weighted by atomic mass is 9.85. The van der Waals surface area contributed by atoms with Crippen molar-refractivity contribution in [2.75, 3.05) is 6.79 Å². The van der Waals surface area contributed by atoms with Gasteiger partial charge in [0.2, 0.25) is 12.0 Å². The van der Waals surface area contributed by atoms with Crippen LogP contribution in [0.1, 0.15) is 57.9 Å². The molecule has 0 aromatic carbocycles. The van der Waals surface area contributed by atoms with Crippen molar-refractivity contribution in [2.45, 2.75) is 64.3 Å². The average Bonchev–Trinajstić information content (AvgIpc) is 3.10. The van der Waals surface area contributed by atoms with Gasteiger partial charge in [-0.1, -0.05) is 19.3 Å². The Morgan fingerprint density at radius 2 is 2.04 bits per heavy atom. The normalized spacial score (nSPS) is 18.0. The molecule has 1 fully saturated rings. The molecule has 1 aliphatic rings. The van der Waals surface area contributed by atoms with Gasteiger partial charge >= 0.3 is 11.9 Å². The van der Waals surface area contributed by atoms with Crippen LogP contribution in [0.15, 0.2) is 16.9 Å². The van der Waals surface area contributed by atoms with Gasteiger partial charge < -0.3 is 23.7 Å². The van der Waals surface area contributed by atoms with Gasteiger partial charge in [0.05, 0.1) is 12.3 Å². The molecule has 25 heavy (non-hydrogen) atoms. The third-order valence-corrected chi connectivity index (χ3v) is 4.06. The number of carboxylic acids is 1. The smallest absolute Gasteiger partial charge is 0.342 e. The number of oxazole rings is 1. The van der Waals surface area contributed by atoms with Gasteiger partial charge in [-0.25, -0.2) is 14.6 Å². The van der Waals surface area contributed by atoms with Crippen molar-refractivity contribution in [3.8, 4) is 0 Å². The zero-order valence-corrected chi connectivity index (χ0v) is 14.6. The molecule has 0 aliphatic heterocycles. The number of carbonyl (C=O) groups excluding carboxylic acids is 1. The molecule has 0 saturated heterocycles. The lowest BCUT2D eigenvalue weighted by Gasteiger charge is -2.30. The average molecular weight is 355 g/mol. The molecule has 140 valence electrons. The fourth-order valence-corrected chi connectivity index (χ4v) is 2.94. The highest BCUT2D eigenvalue weighted by Crippen LogP contribution is 2.29. The Hall–Kier alpha value is -1.93. The molecule has 1 aromatic heterocycles. The fraction of sp³-hybridized carbons (Fsp3) is 0.706. The van der Waals surface area contributed by atoms with Crippen LogP contribution >= 0.6 is 0 Å². The topological polar surface area (TPSA) is 108 Å². The van der Waals surface area contributed by atoms with Gasteiger partial charge in [-0.3, -0.25) is 0 Å². The number of carboxylic acid groups (broad SMARTS) is 1. The van der Waals surface area contributed by atoms with E-state index in [0.29, 0.717) is 0 Å². The van der Waals surface area contributed by atoms with E-state index in [1.807, 2.05) is 13.8 Å². The number of nitrogens with zero attached hydrogens (tertiary/aromatic N) is 1. The zero-order chi connectivity index (χ0) is 18.2. The van der Waals surface area contributed by atoms with E-state index >= 15 is 0 Å². The van der Waals surface area contributed by atoms with E-state index < -0.39 is 30.9 Å². The van der Waals surface area contributed by atoms with E-state index in [-0.39, 0.29) is 17.9 Å². The Balaban J connectivity index is 1.89. The Morgan fingerprint density at radius 3 is 2.60 bits per heavy atom. The number of esters is 1. The second-order valence-corrected chi connectivity index (χ2v) is 6.34. The minimum Gasteiger partial charge on any atom is -0.479 e. The van der Waals surface area contributed by atoms with Gasteiger partial charge in [0, 0.05) is 0 Å². The van der Waals surface area contributed by atoms with E-state index in [0.717, 1.165) is 25.7 Å². The Morgan fingerprint density at radius 1 is 1.32 bits per heavy atom. The standard InChI is InChI=1S/C17H25NO7/c1-11(2)25-13(12-6-4-3-5-7-12)17(21)24-10-23-14(16(19)20)15-18-8-9-22-15/h8-9,11-14H,3-7,10H2,1-2H3,(H,19,20)/t13-,14-/m0/s1. The van der Waals surface area contributed by atoms with Crippen LogP contribution in [0.4, 0.5) is 0 Å². The summed E-state index contributed by atoms with van der Waals surface area (Å²) in [6.45, 7) is 3.22. The van der Waals surface area contributed by atoms with E-state index in [2.05, 4.69) is 4.98 Å². The van der Waals surface area contributed by atoms with Crippen LogP contribution in [0.25, 0.3) is 0 Å². The van der Waals surface area contributed by atoms with Gasteiger partial charge in [0.25, 0.3) is 0 Å². The molecular weight excluding hydrogens is 330 g/mol. The summed E-state index contributed by atoms with van der Waals surface area (Å²) in [5.74, 6) is -1.80. The third kappa shape index (κ3) is 5.82. The molecule has 1 aromatic rings. The summed E-state index contributed by atoms with van der Waals surface area (Å²) >= 11 is 0. The van der Waals surface area contributed by atoms with Crippen LogP contribution < -0.4 is 0 Å². The van der Waals surface area contributed by atoms with Crippen LogP contribution in [0.3, 0.4) is 0 Å². The molecule has 2 atom stereocenters. The van der Waals surface area contributed by atoms with Gasteiger partial charge in [-0.15, -0.1) is 0 Å². The summed E-state index contributed by atoms with van der Waals surface area (Å²) in [5.41, 5.74) is 0. The Labute approximate surface area is 146 Å².